The Morgan fingerprint density at radius 3 is 2.41 bits per heavy atom. The van der Waals surface area contributed by atoms with Crippen LogP contribution in [0.25, 0.3) is 4.85 Å². The topological polar surface area (TPSA) is 54.1 Å². The van der Waals surface area contributed by atoms with Gasteiger partial charge in [-0.2, -0.15) is 0 Å². The molecule has 0 atom stereocenters. The lowest BCUT2D eigenvalue weighted by Gasteiger charge is -2.35. The highest BCUT2D eigenvalue weighted by atomic mass is 16.6. The molecule has 0 saturated carbocycles. The first kappa shape index (κ1) is 13.8. The Morgan fingerprint density at radius 1 is 1.47 bits per heavy atom. The summed E-state index contributed by atoms with van der Waals surface area (Å²) in [6.07, 6.45) is 0.533. The van der Waals surface area contributed by atoms with Gasteiger partial charge in [-0.25, -0.2) is 11.4 Å². The van der Waals surface area contributed by atoms with Crippen LogP contribution in [0.2, 0.25) is 0 Å². The number of hydrogen-bond acceptors (Lipinski definition) is 3. The molecule has 0 spiro atoms. The predicted molar refractivity (Wildman–Crippen MR) is 63.5 cm³/mol. The summed E-state index contributed by atoms with van der Waals surface area (Å²) in [5, 5.41) is 10.0. The van der Waals surface area contributed by atoms with Gasteiger partial charge in [0, 0.05) is 25.9 Å². The van der Waals surface area contributed by atoms with E-state index in [1.54, 1.807) is 4.90 Å². The molecule has 0 aliphatic carbocycles. The van der Waals surface area contributed by atoms with E-state index in [-0.39, 0.29) is 12.6 Å². The Labute approximate surface area is 102 Å². The van der Waals surface area contributed by atoms with E-state index in [0.29, 0.717) is 25.9 Å². The monoisotopic (exact) mass is 240 g/mol. The summed E-state index contributed by atoms with van der Waals surface area (Å²) in [5.41, 5.74) is -1.43. The molecule has 1 N–H and O–H groups in total. The molecule has 0 radical (unpaired) electrons. The second kappa shape index (κ2) is 4.92. The Balaban J connectivity index is 2.47. The van der Waals surface area contributed by atoms with Crippen LogP contribution in [0.1, 0.15) is 33.6 Å². The molecule has 1 rings (SSSR count). The summed E-state index contributed by atoms with van der Waals surface area (Å²) < 4.78 is 5.25. The van der Waals surface area contributed by atoms with E-state index in [9.17, 15) is 9.90 Å². The number of rotatable bonds is 1. The van der Waals surface area contributed by atoms with Crippen molar-refractivity contribution in [3.8, 4) is 0 Å². The fourth-order valence-corrected chi connectivity index (χ4v) is 1.74. The maximum Gasteiger partial charge on any atom is 0.410 e. The van der Waals surface area contributed by atoms with Gasteiger partial charge in [-0.3, -0.25) is 0 Å². The van der Waals surface area contributed by atoms with Gasteiger partial charge in [0.25, 0.3) is 0 Å². The van der Waals surface area contributed by atoms with Crippen LogP contribution in [-0.4, -0.2) is 46.9 Å². The summed E-state index contributed by atoms with van der Waals surface area (Å²) in [7, 11) is 0. The average molecular weight is 240 g/mol. The van der Waals surface area contributed by atoms with Crippen molar-refractivity contribution >= 4 is 6.09 Å². The fraction of sp³-hybridized carbons (Fsp3) is 0.833. The van der Waals surface area contributed by atoms with Crippen LogP contribution in [-0.2, 0) is 4.74 Å². The number of likely N-dealkylation sites (tertiary alicyclic amines) is 1. The second-order valence-electron chi connectivity index (χ2n) is 5.51. The van der Waals surface area contributed by atoms with Crippen LogP contribution < -0.4 is 0 Å². The Morgan fingerprint density at radius 2 is 2.00 bits per heavy atom. The maximum atomic E-state index is 11.7. The van der Waals surface area contributed by atoms with Crippen LogP contribution in [0.3, 0.4) is 0 Å². The summed E-state index contributed by atoms with van der Waals surface area (Å²) in [6, 6.07) is 0. The average Bonchev–Trinajstić information content (AvgIpc) is 2.15. The number of aliphatic hydroxyl groups is 1. The first-order valence-corrected chi connectivity index (χ1v) is 5.79. The van der Waals surface area contributed by atoms with Gasteiger partial charge in [-0.05, 0) is 20.8 Å². The molecule has 0 unspecified atom stereocenters. The Bertz CT molecular complexity index is 320. The molecule has 0 aromatic rings. The molecule has 5 heteroatoms. The normalized spacial score (nSPS) is 19.6. The van der Waals surface area contributed by atoms with Crippen molar-refractivity contribution in [1.82, 2.24) is 4.90 Å². The molecule has 96 valence electrons. The minimum atomic E-state index is -0.930. The molecule has 1 saturated heterocycles. The molecule has 1 fully saturated rings. The highest BCUT2D eigenvalue weighted by Gasteiger charge is 2.37. The second-order valence-corrected chi connectivity index (χ2v) is 5.51. The predicted octanol–water partition coefficient (Wildman–Crippen LogP) is 1.67. The molecule has 1 amide bonds. The van der Waals surface area contributed by atoms with Gasteiger partial charge in [0.05, 0.1) is 0 Å². The van der Waals surface area contributed by atoms with Crippen molar-refractivity contribution in [2.24, 2.45) is 0 Å². The number of ether oxygens (including phenoxy) is 1. The summed E-state index contributed by atoms with van der Waals surface area (Å²) in [4.78, 5) is 16.6. The number of hydrogen-bond donors (Lipinski definition) is 1. The SMILES string of the molecule is [C-]#[N+]CC1(O)CCN(C(=O)OC(C)(C)C)CC1. The molecular formula is C12H20N2O3. The van der Waals surface area contributed by atoms with E-state index < -0.39 is 11.2 Å². The Hall–Kier alpha value is -1.28. The number of carbonyl (C=O) groups is 1. The first-order chi connectivity index (χ1) is 7.76. The van der Waals surface area contributed by atoms with Crippen molar-refractivity contribution in [1.29, 1.82) is 0 Å². The molecule has 0 bridgehead atoms. The van der Waals surface area contributed by atoms with E-state index in [2.05, 4.69) is 4.85 Å². The molecule has 0 aromatic carbocycles. The largest absolute Gasteiger partial charge is 0.444 e. The van der Waals surface area contributed by atoms with Crippen LogP contribution in [0.15, 0.2) is 0 Å². The van der Waals surface area contributed by atoms with Gasteiger partial charge in [-0.1, -0.05) is 0 Å². The molecular weight excluding hydrogens is 220 g/mol. The first-order valence-electron chi connectivity index (χ1n) is 5.79. The zero-order chi connectivity index (χ0) is 13.1. The van der Waals surface area contributed by atoms with Crippen molar-refractivity contribution in [2.45, 2.75) is 44.8 Å². The minimum absolute atomic E-state index is 0.106. The number of amides is 1. The molecule has 1 aliphatic heterocycles. The summed E-state index contributed by atoms with van der Waals surface area (Å²) in [6.45, 7) is 13.2. The lowest BCUT2D eigenvalue weighted by molar-refractivity contribution is -0.0229. The molecule has 1 aliphatic rings. The third kappa shape index (κ3) is 4.23. The van der Waals surface area contributed by atoms with Crippen molar-refractivity contribution in [3.05, 3.63) is 11.4 Å². The summed E-state index contributed by atoms with van der Waals surface area (Å²) >= 11 is 0. The lowest BCUT2D eigenvalue weighted by Crippen LogP contribution is -2.49. The lowest BCUT2D eigenvalue weighted by atomic mass is 9.92. The minimum Gasteiger partial charge on any atom is -0.444 e. The van der Waals surface area contributed by atoms with Gasteiger partial charge >= 0.3 is 6.09 Å². The van der Waals surface area contributed by atoms with E-state index >= 15 is 0 Å². The van der Waals surface area contributed by atoms with Crippen LogP contribution in [0, 0.1) is 6.57 Å². The Kier molecular flexibility index (Phi) is 3.99. The quantitative estimate of drug-likeness (QED) is 0.709. The smallest absolute Gasteiger partial charge is 0.410 e. The third-order valence-corrected chi connectivity index (χ3v) is 2.72. The molecule has 0 aromatic heterocycles. The standard InChI is InChI=1S/C12H20N2O3/c1-11(2,3)17-10(15)14-7-5-12(16,6-8-14)9-13-4/h16H,5-9H2,1-3H3. The van der Waals surface area contributed by atoms with Crippen molar-refractivity contribution in [3.63, 3.8) is 0 Å². The fourth-order valence-electron chi connectivity index (χ4n) is 1.74. The molecule has 1 heterocycles. The number of carbonyl (C=O) groups excluding carboxylic acids is 1. The van der Waals surface area contributed by atoms with Crippen LogP contribution in [0.5, 0.6) is 0 Å². The van der Waals surface area contributed by atoms with E-state index in [1.807, 2.05) is 20.8 Å². The highest BCUT2D eigenvalue weighted by Crippen LogP contribution is 2.23. The van der Waals surface area contributed by atoms with Crippen LogP contribution in [0.4, 0.5) is 4.79 Å². The zero-order valence-corrected chi connectivity index (χ0v) is 10.7. The molecule has 5 nitrogen and oxygen atoms in total. The van der Waals surface area contributed by atoms with Gasteiger partial charge in [0.1, 0.15) is 11.2 Å². The zero-order valence-electron chi connectivity index (χ0n) is 10.7. The summed E-state index contributed by atoms with van der Waals surface area (Å²) in [5.74, 6) is 0. The van der Waals surface area contributed by atoms with Gasteiger partial charge in [0.2, 0.25) is 6.54 Å². The van der Waals surface area contributed by atoms with Gasteiger partial charge in [-0.15, -0.1) is 0 Å². The van der Waals surface area contributed by atoms with E-state index in [1.165, 1.54) is 0 Å². The van der Waals surface area contributed by atoms with E-state index in [4.69, 9.17) is 11.3 Å². The van der Waals surface area contributed by atoms with Gasteiger partial charge < -0.3 is 19.6 Å². The van der Waals surface area contributed by atoms with Crippen LogP contribution >= 0.6 is 0 Å². The number of nitrogens with zero attached hydrogens (tertiary/aromatic N) is 2. The third-order valence-electron chi connectivity index (χ3n) is 2.72. The van der Waals surface area contributed by atoms with Crippen molar-refractivity contribution in [2.75, 3.05) is 19.6 Å². The molecule has 17 heavy (non-hydrogen) atoms. The van der Waals surface area contributed by atoms with Crippen molar-refractivity contribution < 1.29 is 14.6 Å². The van der Waals surface area contributed by atoms with E-state index in [0.717, 1.165) is 0 Å². The number of piperidine rings is 1. The highest BCUT2D eigenvalue weighted by molar-refractivity contribution is 5.68. The maximum absolute atomic E-state index is 11.7. The van der Waals surface area contributed by atoms with Gasteiger partial charge in [0.15, 0.2) is 0 Å².